The summed E-state index contributed by atoms with van der Waals surface area (Å²) in [5.74, 6) is 0.943. The topological polar surface area (TPSA) is 52.0 Å². The van der Waals surface area contributed by atoms with Crippen LogP contribution in [0, 0.1) is 0 Å². The van der Waals surface area contributed by atoms with E-state index in [2.05, 4.69) is 42.5 Å². The molecule has 5 nitrogen and oxygen atoms in total. The molecule has 0 radical (unpaired) electrons. The number of rotatable bonds is 6. The third-order valence-electron chi connectivity index (χ3n) is 3.30. The molecular weight excluding hydrogens is 264 g/mol. The van der Waals surface area contributed by atoms with E-state index in [1.54, 1.807) is 7.11 Å². The van der Waals surface area contributed by atoms with Crippen LogP contribution >= 0.6 is 0 Å². The van der Waals surface area contributed by atoms with Gasteiger partial charge in [-0.15, -0.1) is 5.10 Å². The quantitative estimate of drug-likeness (QED) is 0.829. The van der Waals surface area contributed by atoms with Gasteiger partial charge in [0.05, 0.1) is 24.5 Å². The highest BCUT2D eigenvalue weighted by atomic mass is 16.5. The fourth-order valence-electron chi connectivity index (χ4n) is 2.06. The molecule has 21 heavy (non-hydrogen) atoms. The van der Waals surface area contributed by atoms with Crippen LogP contribution in [-0.4, -0.2) is 28.6 Å². The first-order valence-electron chi connectivity index (χ1n) is 7.25. The first kappa shape index (κ1) is 15.5. The van der Waals surface area contributed by atoms with Gasteiger partial charge in [-0.05, 0) is 45.4 Å². The number of hydrogen-bond donors (Lipinski definition) is 1. The summed E-state index contributed by atoms with van der Waals surface area (Å²) < 4.78 is 7.24. The summed E-state index contributed by atoms with van der Waals surface area (Å²) in [6, 6.07) is 8.11. The molecule has 0 saturated carbocycles. The van der Waals surface area contributed by atoms with Crippen molar-refractivity contribution < 1.29 is 4.74 Å². The number of nitrogens with zero attached hydrogens (tertiary/aromatic N) is 3. The molecular formula is C16H24N4O. The Morgan fingerprint density at radius 2 is 2.00 bits per heavy atom. The molecule has 0 saturated heterocycles. The Bertz CT molecular complexity index is 572. The summed E-state index contributed by atoms with van der Waals surface area (Å²) in [7, 11) is 1.71. The maximum absolute atomic E-state index is 5.35. The first-order valence-corrected chi connectivity index (χ1v) is 7.25. The van der Waals surface area contributed by atoms with Crippen LogP contribution in [0.15, 0.2) is 30.5 Å². The van der Waals surface area contributed by atoms with Gasteiger partial charge in [0.1, 0.15) is 5.75 Å². The number of hydrogen-bond acceptors (Lipinski definition) is 4. The van der Waals surface area contributed by atoms with E-state index < -0.39 is 0 Å². The van der Waals surface area contributed by atoms with E-state index >= 15 is 0 Å². The Hall–Kier alpha value is -1.88. The molecule has 2 rings (SSSR count). The highest BCUT2D eigenvalue weighted by Gasteiger charge is 2.14. The Labute approximate surface area is 126 Å². The van der Waals surface area contributed by atoms with Crippen molar-refractivity contribution in [2.24, 2.45) is 0 Å². The minimum Gasteiger partial charge on any atom is -0.496 e. The normalized spacial score (nSPS) is 11.6. The summed E-state index contributed by atoms with van der Waals surface area (Å²) in [4.78, 5) is 0. The average Bonchev–Trinajstić information content (AvgIpc) is 2.93. The second-order valence-corrected chi connectivity index (χ2v) is 6.06. The van der Waals surface area contributed by atoms with Gasteiger partial charge in [-0.2, -0.15) is 0 Å². The number of aromatic nitrogens is 3. The fourth-order valence-corrected chi connectivity index (χ4v) is 2.06. The molecule has 0 bridgehead atoms. The van der Waals surface area contributed by atoms with Gasteiger partial charge in [-0.25, -0.2) is 4.68 Å². The summed E-state index contributed by atoms with van der Waals surface area (Å²) >= 11 is 0. The molecule has 0 amide bonds. The first-order chi connectivity index (χ1) is 10.0. The molecule has 5 heteroatoms. The second kappa shape index (κ2) is 6.72. The molecule has 0 aliphatic carbocycles. The van der Waals surface area contributed by atoms with Crippen molar-refractivity contribution in [2.45, 2.75) is 39.3 Å². The minimum atomic E-state index is -0.0251. The van der Waals surface area contributed by atoms with Gasteiger partial charge in [0.25, 0.3) is 0 Å². The molecule has 0 atom stereocenters. The number of ether oxygens (including phenoxy) is 1. The van der Waals surface area contributed by atoms with Gasteiger partial charge in [0.15, 0.2) is 0 Å². The SMILES string of the molecule is COc1ccccc1CCNCc1cn(C(C)(C)C)nn1. The molecule has 0 spiro atoms. The lowest BCUT2D eigenvalue weighted by molar-refractivity contribution is 0.347. The molecule has 1 heterocycles. The van der Waals surface area contributed by atoms with E-state index in [1.165, 1.54) is 5.56 Å². The van der Waals surface area contributed by atoms with Gasteiger partial charge in [-0.3, -0.25) is 0 Å². The van der Waals surface area contributed by atoms with E-state index in [0.29, 0.717) is 0 Å². The smallest absolute Gasteiger partial charge is 0.122 e. The molecule has 0 aliphatic rings. The van der Waals surface area contributed by atoms with Crippen LogP contribution in [0.25, 0.3) is 0 Å². The zero-order chi connectivity index (χ0) is 15.3. The van der Waals surface area contributed by atoms with Crippen LogP contribution in [0.1, 0.15) is 32.0 Å². The highest BCUT2D eigenvalue weighted by molar-refractivity contribution is 5.33. The summed E-state index contributed by atoms with van der Waals surface area (Å²) in [5, 5.41) is 11.7. The van der Waals surface area contributed by atoms with Gasteiger partial charge in [-0.1, -0.05) is 23.4 Å². The van der Waals surface area contributed by atoms with Crippen molar-refractivity contribution in [1.82, 2.24) is 20.3 Å². The number of nitrogens with one attached hydrogen (secondary N) is 1. The van der Waals surface area contributed by atoms with E-state index in [9.17, 15) is 0 Å². The second-order valence-electron chi connectivity index (χ2n) is 6.06. The lowest BCUT2D eigenvalue weighted by Gasteiger charge is -2.17. The standard InChI is InChI=1S/C16H24N4O/c1-16(2,3)20-12-14(18-19-20)11-17-10-9-13-7-5-6-8-15(13)21-4/h5-8,12,17H,9-11H2,1-4H3. The van der Waals surface area contributed by atoms with Crippen molar-refractivity contribution in [3.63, 3.8) is 0 Å². The maximum atomic E-state index is 5.35. The molecule has 2 aromatic rings. The Morgan fingerprint density at radius 3 is 2.67 bits per heavy atom. The van der Waals surface area contributed by atoms with Crippen molar-refractivity contribution in [3.8, 4) is 5.75 Å². The predicted molar refractivity (Wildman–Crippen MR) is 83.4 cm³/mol. The summed E-state index contributed by atoms with van der Waals surface area (Å²) in [6.07, 6.45) is 2.92. The van der Waals surface area contributed by atoms with Gasteiger partial charge in [0.2, 0.25) is 0 Å². The third-order valence-corrected chi connectivity index (χ3v) is 3.30. The lowest BCUT2D eigenvalue weighted by Crippen LogP contribution is -2.22. The third kappa shape index (κ3) is 4.29. The maximum Gasteiger partial charge on any atom is 0.122 e. The van der Waals surface area contributed by atoms with Crippen LogP contribution in [0.3, 0.4) is 0 Å². The van der Waals surface area contributed by atoms with Gasteiger partial charge < -0.3 is 10.1 Å². The molecule has 0 unspecified atom stereocenters. The summed E-state index contributed by atoms with van der Waals surface area (Å²) in [6.45, 7) is 7.94. The van der Waals surface area contributed by atoms with Crippen LogP contribution in [0.4, 0.5) is 0 Å². The van der Waals surface area contributed by atoms with Crippen LogP contribution in [0.5, 0.6) is 5.75 Å². The number of methoxy groups -OCH3 is 1. The molecule has 0 fully saturated rings. The Balaban J connectivity index is 1.81. The van der Waals surface area contributed by atoms with E-state index in [0.717, 1.165) is 31.0 Å². The molecule has 114 valence electrons. The fraction of sp³-hybridized carbons (Fsp3) is 0.500. The number of benzene rings is 1. The summed E-state index contributed by atoms with van der Waals surface area (Å²) in [5.41, 5.74) is 2.15. The minimum absolute atomic E-state index is 0.0251. The monoisotopic (exact) mass is 288 g/mol. The average molecular weight is 288 g/mol. The zero-order valence-corrected chi connectivity index (χ0v) is 13.3. The van der Waals surface area contributed by atoms with Crippen molar-refractivity contribution in [2.75, 3.05) is 13.7 Å². The zero-order valence-electron chi connectivity index (χ0n) is 13.3. The van der Waals surface area contributed by atoms with Crippen LogP contribution in [-0.2, 0) is 18.5 Å². The van der Waals surface area contributed by atoms with E-state index in [4.69, 9.17) is 4.74 Å². The largest absolute Gasteiger partial charge is 0.496 e. The van der Waals surface area contributed by atoms with Crippen LogP contribution < -0.4 is 10.1 Å². The molecule has 1 aromatic carbocycles. The lowest BCUT2D eigenvalue weighted by atomic mass is 10.1. The molecule has 1 aromatic heterocycles. The highest BCUT2D eigenvalue weighted by Crippen LogP contribution is 2.17. The van der Waals surface area contributed by atoms with E-state index in [1.807, 2.05) is 29.1 Å². The molecule has 1 N–H and O–H groups in total. The Kier molecular flexibility index (Phi) is 4.96. The van der Waals surface area contributed by atoms with Crippen molar-refractivity contribution in [3.05, 3.63) is 41.7 Å². The predicted octanol–water partition coefficient (Wildman–Crippen LogP) is 2.37. The molecule has 0 aliphatic heterocycles. The number of para-hydroxylation sites is 1. The Morgan fingerprint density at radius 1 is 1.24 bits per heavy atom. The van der Waals surface area contributed by atoms with Gasteiger partial charge in [0, 0.05) is 6.54 Å². The van der Waals surface area contributed by atoms with Crippen molar-refractivity contribution in [1.29, 1.82) is 0 Å². The van der Waals surface area contributed by atoms with E-state index in [-0.39, 0.29) is 5.54 Å². The van der Waals surface area contributed by atoms with Crippen molar-refractivity contribution >= 4 is 0 Å². The van der Waals surface area contributed by atoms with Gasteiger partial charge >= 0.3 is 0 Å². The van der Waals surface area contributed by atoms with Crippen LogP contribution in [0.2, 0.25) is 0 Å².